The number of amides is 1. The van der Waals surface area contributed by atoms with Gasteiger partial charge in [0.2, 0.25) is 5.91 Å². The average molecular weight is 331 g/mol. The lowest BCUT2D eigenvalue weighted by Gasteiger charge is -2.20. The molecule has 0 radical (unpaired) electrons. The van der Waals surface area contributed by atoms with Gasteiger partial charge >= 0.3 is 0 Å². The first kappa shape index (κ1) is 15.7. The topological polar surface area (TPSA) is 66.9 Å². The molecule has 0 bridgehead atoms. The summed E-state index contributed by atoms with van der Waals surface area (Å²) in [6, 6.07) is 10.9. The van der Waals surface area contributed by atoms with E-state index in [9.17, 15) is 4.79 Å². The number of rotatable bonds is 4. The van der Waals surface area contributed by atoms with Crippen molar-refractivity contribution in [3.05, 3.63) is 41.4 Å². The van der Waals surface area contributed by atoms with Gasteiger partial charge in [-0.3, -0.25) is 4.79 Å². The van der Waals surface area contributed by atoms with Crippen LogP contribution in [0, 0.1) is 5.92 Å². The number of anilines is 3. The van der Waals surface area contributed by atoms with Crippen LogP contribution in [0.15, 0.2) is 36.4 Å². The number of aromatic nitrogens is 2. The fourth-order valence-electron chi connectivity index (χ4n) is 2.76. The standard InChI is InChI=1S/C17H19ClN4O/c18-13-8-4-5-9-14(13)19-15-10-11-16(22-21-15)20-17(23)12-6-2-1-3-7-12/h4-5,8-12H,1-3,6-7H2,(H,19,21)(H,20,22,23). The van der Waals surface area contributed by atoms with Crippen LogP contribution >= 0.6 is 11.6 Å². The number of hydrogen-bond acceptors (Lipinski definition) is 4. The maximum absolute atomic E-state index is 12.2. The first-order valence-electron chi connectivity index (χ1n) is 7.88. The van der Waals surface area contributed by atoms with E-state index in [-0.39, 0.29) is 11.8 Å². The molecule has 1 aliphatic carbocycles. The number of hydrogen-bond donors (Lipinski definition) is 2. The average Bonchev–Trinajstić information content (AvgIpc) is 2.59. The summed E-state index contributed by atoms with van der Waals surface area (Å²) in [5, 5.41) is 14.7. The summed E-state index contributed by atoms with van der Waals surface area (Å²) >= 11 is 6.09. The highest BCUT2D eigenvalue weighted by Gasteiger charge is 2.21. The van der Waals surface area contributed by atoms with Crippen LogP contribution in [0.3, 0.4) is 0 Å². The van der Waals surface area contributed by atoms with E-state index in [0.29, 0.717) is 16.7 Å². The SMILES string of the molecule is O=C(Nc1ccc(Nc2ccccc2Cl)nn1)C1CCCCC1. The van der Waals surface area contributed by atoms with E-state index in [1.807, 2.05) is 18.2 Å². The predicted octanol–water partition coefficient (Wildman–Crippen LogP) is 4.39. The Kier molecular flexibility index (Phi) is 5.08. The highest BCUT2D eigenvalue weighted by molar-refractivity contribution is 6.33. The van der Waals surface area contributed by atoms with E-state index in [4.69, 9.17) is 11.6 Å². The summed E-state index contributed by atoms with van der Waals surface area (Å²) in [5.74, 6) is 1.20. The van der Waals surface area contributed by atoms with Gasteiger partial charge in [0.05, 0.1) is 10.7 Å². The number of nitrogens with zero attached hydrogens (tertiary/aromatic N) is 2. The zero-order chi connectivity index (χ0) is 16.1. The van der Waals surface area contributed by atoms with Gasteiger partial charge in [0.15, 0.2) is 11.6 Å². The minimum atomic E-state index is 0.0470. The summed E-state index contributed by atoms with van der Waals surface area (Å²) in [4.78, 5) is 12.2. The van der Waals surface area contributed by atoms with E-state index in [2.05, 4.69) is 20.8 Å². The van der Waals surface area contributed by atoms with Gasteiger partial charge in [0.1, 0.15) is 0 Å². The van der Waals surface area contributed by atoms with Crippen molar-refractivity contribution in [2.24, 2.45) is 5.92 Å². The number of nitrogens with one attached hydrogen (secondary N) is 2. The molecule has 0 aliphatic heterocycles. The van der Waals surface area contributed by atoms with Gasteiger partial charge in [-0.15, -0.1) is 10.2 Å². The van der Waals surface area contributed by atoms with Crippen molar-refractivity contribution < 1.29 is 4.79 Å². The molecule has 23 heavy (non-hydrogen) atoms. The maximum Gasteiger partial charge on any atom is 0.228 e. The van der Waals surface area contributed by atoms with Crippen molar-refractivity contribution in [2.75, 3.05) is 10.6 Å². The van der Waals surface area contributed by atoms with Gasteiger partial charge in [0, 0.05) is 5.92 Å². The van der Waals surface area contributed by atoms with Crippen LogP contribution in [-0.2, 0) is 4.79 Å². The van der Waals surface area contributed by atoms with Crippen molar-refractivity contribution in [3.8, 4) is 0 Å². The summed E-state index contributed by atoms with van der Waals surface area (Å²) < 4.78 is 0. The molecule has 1 aromatic carbocycles. The Hall–Kier alpha value is -2.14. The van der Waals surface area contributed by atoms with Gasteiger partial charge < -0.3 is 10.6 Å². The second kappa shape index (κ2) is 7.42. The third kappa shape index (κ3) is 4.20. The van der Waals surface area contributed by atoms with Crippen molar-refractivity contribution in [3.63, 3.8) is 0 Å². The molecule has 1 fully saturated rings. The molecule has 1 amide bonds. The van der Waals surface area contributed by atoms with Gasteiger partial charge in [-0.1, -0.05) is 43.0 Å². The van der Waals surface area contributed by atoms with Crippen LogP contribution in [0.2, 0.25) is 5.02 Å². The molecular weight excluding hydrogens is 312 g/mol. The fraction of sp³-hybridized carbons (Fsp3) is 0.353. The summed E-state index contributed by atoms with van der Waals surface area (Å²) in [7, 11) is 0. The molecule has 1 aliphatic rings. The van der Waals surface area contributed by atoms with Gasteiger partial charge in [-0.2, -0.15) is 0 Å². The van der Waals surface area contributed by atoms with Crippen LogP contribution < -0.4 is 10.6 Å². The van der Waals surface area contributed by atoms with E-state index in [0.717, 1.165) is 31.4 Å². The molecule has 0 spiro atoms. The molecule has 120 valence electrons. The highest BCUT2D eigenvalue weighted by Crippen LogP contribution is 2.25. The predicted molar refractivity (Wildman–Crippen MR) is 92.0 cm³/mol. The van der Waals surface area contributed by atoms with E-state index in [1.165, 1.54) is 6.42 Å². The van der Waals surface area contributed by atoms with Crippen LogP contribution in [0.1, 0.15) is 32.1 Å². The third-order valence-corrected chi connectivity index (χ3v) is 4.36. The zero-order valence-corrected chi connectivity index (χ0v) is 13.5. The largest absolute Gasteiger partial charge is 0.338 e. The lowest BCUT2D eigenvalue weighted by Crippen LogP contribution is -2.25. The first-order chi connectivity index (χ1) is 11.2. The zero-order valence-electron chi connectivity index (χ0n) is 12.8. The molecule has 0 atom stereocenters. The second-order valence-electron chi connectivity index (χ2n) is 5.73. The Morgan fingerprint density at radius 1 is 1.00 bits per heavy atom. The molecule has 0 unspecified atom stereocenters. The van der Waals surface area contributed by atoms with Crippen molar-refractivity contribution >= 4 is 34.8 Å². The smallest absolute Gasteiger partial charge is 0.228 e. The Balaban J connectivity index is 1.60. The lowest BCUT2D eigenvalue weighted by atomic mass is 9.89. The van der Waals surface area contributed by atoms with Crippen molar-refractivity contribution in [1.29, 1.82) is 0 Å². The van der Waals surface area contributed by atoms with Crippen LogP contribution in [0.25, 0.3) is 0 Å². The van der Waals surface area contributed by atoms with Crippen molar-refractivity contribution in [2.45, 2.75) is 32.1 Å². The normalized spacial score (nSPS) is 15.2. The number of carbonyl (C=O) groups is 1. The number of para-hydroxylation sites is 1. The number of benzene rings is 1. The van der Waals surface area contributed by atoms with Crippen LogP contribution in [0.5, 0.6) is 0 Å². The van der Waals surface area contributed by atoms with Crippen LogP contribution in [-0.4, -0.2) is 16.1 Å². The third-order valence-electron chi connectivity index (χ3n) is 4.03. The van der Waals surface area contributed by atoms with E-state index in [1.54, 1.807) is 18.2 Å². The van der Waals surface area contributed by atoms with E-state index < -0.39 is 0 Å². The molecule has 1 aromatic heterocycles. The second-order valence-corrected chi connectivity index (χ2v) is 6.14. The monoisotopic (exact) mass is 330 g/mol. The van der Waals surface area contributed by atoms with Gasteiger partial charge in [0.25, 0.3) is 0 Å². The molecular formula is C17H19ClN4O. The Morgan fingerprint density at radius 3 is 2.39 bits per heavy atom. The molecule has 1 saturated carbocycles. The molecule has 1 heterocycles. The summed E-state index contributed by atoms with van der Waals surface area (Å²) in [6.07, 6.45) is 5.41. The van der Waals surface area contributed by atoms with Crippen molar-refractivity contribution in [1.82, 2.24) is 10.2 Å². The molecule has 2 N–H and O–H groups in total. The Morgan fingerprint density at radius 2 is 1.70 bits per heavy atom. The fourth-order valence-corrected chi connectivity index (χ4v) is 2.94. The summed E-state index contributed by atoms with van der Waals surface area (Å²) in [5.41, 5.74) is 0.766. The Labute approximate surface area is 140 Å². The van der Waals surface area contributed by atoms with Gasteiger partial charge in [-0.05, 0) is 37.1 Å². The minimum absolute atomic E-state index is 0.0470. The lowest BCUT2D eigenvalue weighted by molar-refractivity contribution is -0.120. The van der Waals surface area contributed by atoms with E-state index >= 15 is 0 Å². The van der Waals surface area contributed by atoms with Crippen LogP contribution in [0.4, 0.5) is 17.3 Å². The van der Waals surface area contributed by atoms with Gasteiger partial charge in [-0.25, -0.2) is 0 Å². The quantitative estimate of drug-likeness (QED) is 0.872. The molecule has 0 saturated heterocycles. The highest BCUT2D eigenvalue weighted by atomic mass is 35.5. The minimum Gasteiger partial charge on any atom is -0.338 e. The number of halogens is 1. The molecule has 6 heteroatoms. The Bertz CT molecular complexity index is 669. The molecule has 5 nitrogen and oxygen atoms in total. The summed E-state index contributed by atoms with van der Waals surface area (Å²) in [6.45, 7) is 0. The first-order valence-corrected chi connectivity index (χ1v) is 8.26. The number of carbonyl (C=O) groups excluding carboxylic acids is 1. The molecule has 2 aromatic rings. The maximum atomic E-state index is 12.2. The molecule has 3 rings (SSSR count).